The number of hydrogen-bond donors (Lipinski definition) is 1. The Kier molecular flexibility index (Phi) is 3.81. The molecule has 2 heterocycles. The predicted molar refractivity (Wildman–Crippen MR) is 84.9 cm³/mol. The van der Waals surface area contributed by atoms with Crippen molar-refractivity contribution in [2.45, 2.75) is 31.8 Å². The minimum absolute atomic E-state index is 0.531. The maximum absolute atomic E-state index is 5.26. The minimum Gasteiger partial charge on any atom is -0.497 e. The first-order valence-electron chi connectivity index (χ1n) is 7.07. The largest absolute Gasteiger partial charge is 0.497 e. The number of piperidine rings is 1. The molecule has 0 aliphatic carbocycles. The van der Waals surface area contributed by atoms with Gasteiger partial charge in [-0.15, -0.1) is 0 Å². The molecule has 1 aromatic heterocycles. The van der Waals surface area contributed by atoms with Crippen LogP contribution < -0.4 is 10.1 Å². The number of nitrogens with one attached hydrogen (secondary N) is 1. The molecule has 108 valence electrons. The molecule has 3 rings (SSSR count). The van der Waals surface area contributed by atoms with Crippen LogP contribution >= 0.6 is 11.3 Å². The number of methoxy groups -OCH3 is 1. The summed E-state index contributed by atoms with van der Waals surface area (Å²) in [6, 6.07) is 7.20. The second kappa shape index (κ2) is 5.58. The topological polar surface area (TPSA) is 37.4 Å². The fraction of sp³-hybridized carbons (Fsp3) is 0.533. The van der Waals surface area contributed by atoms with Crippen molar-refractivity contribution < 1.29 is 4.74 Å². The van der Waals surface area contributed by atoms with E-state index >= 15 is 0 Å². The fourth-order valence-corrected chi connectivity index (χ4v) is 3.66. The Balaban J connectivity index is 1.74. The molecule has 0 amide bonds. The molecule has 1 saturated heterocycles. The van der Waals surface area contributed by atoms with E-state index in [1.165, 1.54) is 17.5 Å². The van der Waals surface area contributed by atoms with Gasteiger partial charge >= 0.3 is 0 Å². The van der Waals surface area contributed by atoms with Gasteiger partial charge in [0, 0.05) is 18.6 Å². The van der Waals surface area contributed by atoms with Gasteiger partial charge < -0.3 is 15.0 Å². The van der Waals surface area contributed by atoms with E-state index in [4.69, 9.17) is 4.74 Å². The number of ether oxygens (including phenoxy) is 1. The maximum atomic E-state index is 5.26. The quantitative estimate of drug-likeness (QED) is 0.942. The van der Waals surface area contributed by atoms with Crippen LogP contribution in [-0.4, -0.2) is 42.7 Å². The van der Waals surface area contributed by atoms with Crippen LogP contribution in [0.5, 0.6) is 5.75 Å². The minimum atomic E-state index is 0.531. The van der Waals surface area contributed by atoms with Gasteiger partial charge in [0.25, 0.3) is 0 Å². The van der Waals surface area contributed by atoms with Gasteiger partial charge in [-0.05, 0) is 45.0 Å². The second-order valence-electron chi connectivity index (χ2n) is 5.55. The third kappa shape index (κ3) is 2.74. The lowest BCUT2D eigenvalue weighted by Gasteiger charge is -2.35. The van der Waals surface area contributed by atoms with Crippen LogP contribution in [0.4, 0.5) is 5.13 Å². The molecule has 0 saturated carbocycles. The highest BCUT2D eigenvalue weighted by Gasteiger charge is 2.23. The highest BCUT2D eigenvalue weighted by molar-refractivity contribution is 7.22. The van der Waals surface area contributed by atoms with Crippen molar-refractivity contribution in [1.82, 2.24) is 9.88 Å². The Hall–Kier alpha value is -1.33. The smallest absolute Gasteiger partial charge is 0.184 e. The first-order chi connectivity index (χ1) is 9.65. The summed E-state index contributed by atoms with van der Waals surface area (Å²) in [6.07, 6.45) is 2.36. The van der Waals surface area contributed by atoms with Crippen LogP contribution in [0, 0.1) is 0 Å². The standard InChI is InChI=1S/C15H21N3OS/c1-10-8-11(6-7-18(10)2)16-15-17-13-5-4-12(19-3)9-14(13)20-15/h4-5,9-11H,6-8H2,1-3H3,(H,16,17). The molecule has 1 N–H and O–H groups in total. The molecule has 2 atom stereocenters. The predicted octanol–water partition coefficient (Wildman–Crippen LogP) is 3.20. The molecule has 1 aromatic carbocycles. The Bertz CT molecular complexity index is 598. The maximum Gasteiger partial charge on any atom is 0.184 e. The summed E-state index contributed by atoms with van der Waals surface area (Å²) in [5.74, 6) is 0.889. The first-order valence-corrected chi connectivity index (χ1v) is 7.88. The van der Waals surface area contributed by atoms with Crippen LogP contribution in [0.15, 0.2) is 18.2 Å². The second-order valence-corrected chi connectivity index (χ2v) is 6.58. The van der Waals surface area contributed by atoms with Crippen molar-refractivity contribution in [3.63, 3.8) is 0 Å². The van der Waals surface area contributed by atoms with E-state index in [1.54, 1.807) is 18.4 Å². The average molecular weight is 291 g/mol. The van der Waals surface area contributed by atoms with Crippen molar-refractivity contribution in [3.05, 3.63) is 18.2 Å². The number of rotatable bonds is 3. The lowest BCUT2D eigenvalue weighted by molar-refractivity contribution is 0.190. The normalized spacial score (nSPS) is 23.9. The molecule has 2 aromatic rings. The Morgan fingerprint density at radius 3 is 3.05 bits per heavy atom. The number of benzene rings is 1. The molecule has 1 aliphatic rings. The average Bonchev–Trinajstić information content (AvgIpc) is 2.84. The van der Waals surface area contributed by atoms with Crippen molar-refractivity contribution in [2.75, 3.05) is 26.0 Å². The summed E-state index contributed by atoms with van der Waals surface area (Å²) in [7, 11) is 3.89. The fourth-order valence-electron chi connectivity index (χ4n) is 2.69. The third-order valence-electron chi connectivity index (χ3n) is 4.13. The molecule has 2 unspecified atom stereocenters. The highest BCUT2D eigenvalue weighted by atomic mass is 32.1. The lowest BCUT2D eigenvalue weighted by Crippen LogP contribution is -2.42. The van der Waals surface area contributed by atoms with Crippen molar-refractivity contribution >= 4 is 26.7 Å². The van der Waals surface area contributed by atoms with Crippen molar-refractivity contribution in [1.29, 1.82) is 0 Å². The number of hydrogen-bond acceptors (Lipinski definition) is 5. The van der Waals surface area contributed by atoms with Gasteiger partial charge in [0.05, 0.1) is 17.3 Å². The summed E-state index contributed by atoms with van der Waals surface area (Å²) in [6.45, 7) is 3.44. The van der Waals surface area contributed by atoms with Gasteiger partial charge in [0.2, 0.25) is 0 Å². The molecular formula is C15H21N3OS. The third-order valence-corrected chi connectivity index (χ3v) is 5.08. The van der Waals surface area contributed by atoms with Gasteiger partial charge in [-0.2, -0.15) is 0 Å². The summed E-state index contributed by atoms with van der Waals surface area (Å²) in [4.78, 5) is 7.08. The molecule has 0 bridgehead atoms. The lowest BCUT2D eigenvalue weighted by atomic mass is 9.99. The summed E-state index contributed by atoms with van der Waals surface area (Å²) in [5, 5.41) is 4.62. The van der Waals surface area contributed by atoms with E-state index in [0.717, 1.165) is 22.9 Å². The summed E-state index contributed by atoms with van der Waals surface area (Å²) >= 11 is 1.71. The zero-order valence-electron chi connectivity index (χ0n) is 12.2. The van der Waals surface area contributed by atoms with E-state index in [-0.39, 0.29) is 0 Å². The van der Waals surface area contributed by atoms with Gasteiger partial charge in [-0.3, -0.25) is 0 Å². The number of thiazole rings is 1. The molecular weight excluding hydrogens is 270 g/mol. The number of fused-ring (bicyclic) bond motifs is 1. The van der Waals surface area contributed by atoms with Crippen LogP contribution in [0.2, 0.25) is 0 Å². The number of nitrogens with zero attached hydrogens (tertiary/aromatic N) is 2. The zero-order valence-corrected chi connectivity index (χ0v) is 13.0. The SMILES string of the molecule is COc1ccc2nc(NC3CCN(C)C(C)C3)sc2c1. The number of aromatic nitrogens is 1. The summed E-state index contributed by atoms with van der Waals surface area (Å²) in [5.41, 5.74) is 1.04. The zero-order chi connectivity index (χ0) is 14.1. The van der Waals surface area contributed by atoms with E-state index in [1.807, 2.05) is 12.1 Å². The molecule has 1 fully saturated rings. The first kappa shape index (κ1) is 13.6. The molecule has 5 heteroatoms. The van der Waals surface area contributed by atoms with Gasteiger partial charge in [0.1, 0.15) is 5.75 Å². The van der Waals surface area contributed by atoms with Crippen LogP contribution in [0.1, 0.15) is 19.8 Å². The van der Waals surface area contributed by atoms with Crippen molar-refractivity contribution in [3.8, 4) is 5.75 Å². The molecule has 20 heavy (non-hydrogen) atoms. The van der Waals surface area contributed by atoms with Crippen LogP contribution in [-0.2, 0) is 0 Å². The number of anilines is 1. The molecule has 1 aliphatic heterocycles. The highest BCUT2D eigenvalue weighted by Crippen LogP contribution is 2.30. The monoisotopic (exact) mass is 291 g/mol. The molecule has 4 nitrogen and oxygen atoms in total. The Morgan fingerprint density at radius 2 is 2.30 bits per heavy atom. The van der Waals surface area contributed by atoms with Gasteiger partial charge in [0.15, 0.2) is 5.13 Å². The van der Waals surface area contributed by atoms with E-state index in [0.29, 0.717) is 12.1 Å². The van der Waals surface area contributed by atoms with Crippen LogP contribution in [0.25, 0.3) is 10.2 Å². The molecule has 0 radical (unpaired) electrons. The van der Waals surface area contributed by atoms with Gasteiger partial charge in [-0.1, -0.05) is 11.3 Å². The van der Waals surface area contributed by atoms with Crippen LogP contribution in [0.3, 0.4) is 0 Å². The van der Waals surface area contributed by atoms with Gasteiger partial charge in [-0.25, -0.2) is 4.98 Å². The number of likely N-dealkylation sites (tertiary alicyclic amines) is 1. The Labute approximate surface area is 123 Å². The summed E-state index contributed by atoms with van der Waals surface area (Å²) < 4.78 is 6.43. The Morgan fingerprint density at radius 1 is 1.45 bits per heavy atom. The molecule has 0 spiro atoms. The van der Waals surface area contributed by atoms with Crippen molar-refractivity contribution in [2.24, 2.45) is 0 Å². The van der Waals surface area contributed by atoms with E-state index < -0.39 is 0 Å². The van der Waals surface area contributed by atoms with E-state index in [9.17, 15) is 0 Å². The van der Waals surface area contributed by atoms with E-state index in [2.05, 4.69) is 35.2 Å².